The molecule has 0 spiro atoms. The highest BCUT2D eigenvalue weighted by Gasteiger charge is 2.17. The largest absolute Gasteiger partial charge is 0.490 e. The summed E-state index contributed by atoms with van der Waals surface area (Å²) in [6.07, 6.45) is 1.69. The second-order valence-corrected chi connectivity index (χ2v) is 4.50. The second-order valence-electron chi connectivity index (χ2n) is 4.50. The number of likely N-dealkylation sites (N-methyl/N-ethyl adjacent to an activating group) is 1. The fourth-order valence-corrected chi connectivity index (χ4v) is 1.73. The molecule has 0 aromatic heterocycles. The van der Waals surface area contributed by atoms with Crippen LogP contribution in [0.4, 0.5) is 0 Å². The van der Waals surface area contributed by atoms with Crippen LogP contribution in [-0.2, 0) is 16.1 Å². The van der Waals surface area contributed by atoms with Crippen molar-refractivity contribution in [3.63, 3.8) is 0 Å². The van der Waals surface area contributed by atoms with Crippen LogP contribution in [0.3, 0.4) is 0 Å². The maximum absolute atomic E-state index is 11.9. The molecule has 1 aromatic carbocycles. The van der Waals surface area contributed by atoms with Gasteiger partial charge in [0.05, 0.1) is 6.61 Å². The Balaban J connectivity index is 2.55. The molecule has 0 heterocycles. The van der Waals surface area contributed by atoms with Crippen molar-refractivity contribution in [2.45, 2.75) is 12.6 Å². The zero-order valence-electron chi connectivity index (χ0n) is 12.0. The molecule has 0 saturated carbocycles. The van der Waals surface area contributed by atoms with Crippen molar-refractivity contribution in [1.29, 1.82) is 0 Å². The van der Waals surface area contributed by atoms with Gasteiger partial charge in [-0.3, -0.25) is 4.79 Å². The number of carbonyl (C=O) groups excluding carboxylic acids is 1. The van der Waals surface area contributed by atoms with E-state index in [0.29, 0.717) is 13.2 Å². The van der Waals surface area contributed by atoms with E-state index in [1.807, 2.05) is 24.3 Å². The fraction of sp³-hybridized carbons (Fsp3) is 0.400. The molecule has 0 aliphatic heterocycles. The zero-order chi connectivity index (χ0) is 15.0. The summed E-state index contributed by atoms with van der Waals surface area (Å²) >= 11 is 0. The van der Waals surface area contributed by atoms with Gasteiger partial charge in [0.2, 0.25) is 5.91 Å². The lowest BCUT2D eigenvalue weighted by atomic mass is 10.2. The van der Waals surface area contributed by atoms with Gasteiger partial charge in [-0.2, -0.15) is 0 Å². The Hall–Kier alpha value is -1.85. The van der Waals surface area contributed by atoms with Gasteiger partial charge in [-0.05, 0) is 17.7 Å². The standard InChI is InChI=1S/C15H22N2O3/c1-4-9-20-13-7-5-12(6-8-13)10-17(2)15(18)14(16)11-19-3/h4-8,14H,1,9-11,16H2,2-3H3. The molecule has 0 fully saturated rings. The Morgan fingerprint density at radius 3 is 2.65 bits per heavy atom. The fourth-order valence-electron chi connectivity index (χ4n) is 1.73. The lowest BCUT2D eigenvalue weighted by molar-refractivity contribution is -0.132. The maximum Gasteiger partial charge on any atom is 0.241 e. The minimum atomic E-state index is -0.625. The van der Waals surface area contributed by atoms with Crippen molar-refractivity contribution in [3.8, 4) is 5.75 Å². The predicted octanol–water partition coefficient (Wildman–Crippen LogP) is 1.18. The first-order chi connectivity index (χ1) is 9.58. The van der Waals surface area contributed by atoms with Crippen LogP contribution >= 0.6 is 0 Å². The molecular weight excluding hydrogens is 256 g/mol. The number of benzene rings is 1. The summed E-state index contributed by atoms with van der Waals surface area (Å²) < 4.78 is 10.3. The SMILES string of the molecule is C=CCOc1ccc(CN(C)C(=O)C(N)COC)cc1. The number of amides is 1. The molecule has 1 unspecified atom stereocenters. The second kappa shape index (κ2) is 8.35. The molecule has 5 nitrogen and oxygen atoms in total. The van der Waals surface area contributed by atoms with E-state index in [4.69, 9.17) is 15.2 Å². The van der Waals surface area contributed by atoms with Crippen LogP contribution in [0.5, 0.6) is 5.75 Å². The average Bonchev–Trinajstić information content (AvgIpc) is 2.46. The Bertz CT molecular complexity index is 431. The van der Waals surface area contributed by atoms with Crippen molar-refractivity contribution in [2.75, 3.05) is 27.4 Å². The molecule has 5 heteroatoms. The van der Waals surface area contributed by atoms with E-state index in [1.54, 1.807) is 18.0 Å². The van der Waals surface area contributed by atoms with Crippen molar-refractivity contribution in [1.82, 2.24) is 4.90 Å². The monoisotopic (exact) mass is 278 g/mol. The van der Waals surface area contributed by atoms with E-state index in [-0.39, 0.29) is 12.5 Å². The molecule has 20 heavy (non-hydrogen) atoms. The third-order valence-electron chi connectivity index (χ3n) is 2.75. The highest BCUT2D eigenvalue weighted by atomic mass is 16.5. The Morgan fingerprint density at radius 2 is 2.10 bits per heavy atom. The van der Waals surface area contributed by atoms with E-state index in [1.165, 1.54) is 7.11 Å². The summed E-state index contributed by atoms with van der Waals surface area (Å²) in [5, 5.41) is 0. The van der Waals surface area contributed by atoms with Gasteiger partial charge in [-0.1, -0.05) is 24.8 Å². The minimum Gasteiger partial charge on any atom is -0.490 e. The van der Waals surface area contributed by atoms with Crippen LogP contribution in [0.25, 0.3) is 0 Å². The van der Waals surface area contributed by atoms with Crippen LogP contribution in [0.2, 0.25) is 0 Å². The molecular formula is C15H22N2O3. The lowest BCUT2D eigenvalue weighted by Crippen LogP contribution is -2.44. The summed E-state index contributed by atoms with van der Waals surface area (Å²) in [7, 11) is 3.25. The predicted molar refractivity (Wildman–Crippen MR) is 78.5 cm³/mol. The number of carbonyl (C=O) groups is 1. The number of nitrogens with zero attached hydrogens (tertiary/aromatic N) is 1. The first-order valence-electron chi connectivity index (χ1n) is 6.40. The van der Waals surface area contributed by atoms with Crippen LogP contribution < -0.4 is 10.5 Å². The Kier molecular flexibility index (Phi) is 6.76. The molecule has 1 rings (SSSR count). The highest BCUT2D eigenvalue weighted by molar-refractivity contribution is 5.81. The molecule has 1 atom stereocenters. The van der Waals surface area contributed by atoms with E-state index < -0.39 is 6.04 Å². The van der Waals surface area contributed by atoms with Crippen molar-refractivity contribution < 1.29 is 14.3 Å². The summed E-state index contributed by atoms with van der Waals surface area (Å²) in [4.78, 5) is 13.5. The number of hydrogen-bond acceptors (Lipinski definition) is 4. The molecule has 2 N–H and O–H groups in total. The number of ether oxygens (including phenoxy) is 2. The molecule has 0 radical (unpaired) electrons. The lowest BCUT2D eigenvalue weighted by Gasteiger charge is -2.21. The molecule has 110 valence electrons. The first kappa shape index (κ1) is 16.2. The van der Waals surface area contributed by atoms with Gasteiger partial charge in [0.15, 0.2) is 0 Å². The first-order valence-corrected chi connectivity index (χ1v) is 6.40. The van der Waals surface area contributed by atoms with E-state index >= 15 is 0 Å². The third-order valence-corrected chi connectivity index (χ3v) is 2.75. The molecule has 0 saturated heterocycles. The van der Waals surface area contributed by atoms with Gasteiger partial charge in [0, 0.05) is 20.7 Å². The maximum atomic E-state index is 11.9. The number of nitrogens with two attached hydrogens (primary N) is 1. The van der Waals surface area contributed by atoms with Crippen molar-refractivity contribution >= 4 is 5.91 Å². The van der Waals surface area contributed by atoms with Crippen molar-refractivity contribution in [2.24, 2.45) is 5.73 Å². The van der Waals surface area contributed by atoms with E-state index in [2.05, 4.69) is 6.58 Å². The molecule has 0 aliphatic rings. The Morgan fingerprint density at radius 1 is 1.45 bits per heavy atom. The van der Waals surface area contributed by atoms with Gasteiger partial charge in [0.25, 0.3) is 0 Å². The van der Waals surface area contributed by atoms with Crippen LogP contribution in [0, 0.1) is 0 Å². The normalized spacial score (nSPS) is 11.8. The summed E-state index contributed by atoms with van der Waals surface area (Å²) in [5.74, 6) is 0.637. The van der Waals surface area contributed by atoms with E-state index in [0.717, 1.165) is 11.3 Å². The van der Waals surface area contributed by atoms with Crippen LogP contribution in [-0.4, -0.2) is 44.2 Å². The Labute approximate surface area is 120 Å². The van der Waals surface area contributed by atoms with Gasteiger partial charge >= 0.3 is 0 Å². The quantitative estimate of drug-likeness (QED) is 0.725. The van der Waals surface area contributed by atoms with Gasteiger partial charge < -0.3 is 20.1 Å². The van der Waals surface area contributed by atoms with Gasteiger partial charge in [-0.15, -0.1) is 0 Å². The van der Waals surface area contributed by atoms with Gasteiger partial charge in [0.1, 0.15) is 18.4 Å². The highest BCUT2D eigenvalue weighted by Crippen LogP contribution is 2.13. The molecule has 0 bridgehead atoms. The van der Waals surface area contributed by atoms with Crippen LogP contribution in [0.15, 0.2) is 36.9 Å². The molecule has 0 aliphatic carbocycles. The topological polar surface area (TPSA) is 64.8 Å². The molecule has 1 amide bonds. The summed E-state index contributed by atoms with van der Waals surface area (Å²) in [6.45, 7) is 4.79. The smallest absolute Gasteiger partial charge is 0.241 e. The number of hydrogen-bond donors (Lipinski definition) is 1. The average molecular weight is 278 g/mol. The van der Waals surface area contributed by atoms with Crippen molar-refractivity contribution in [3.05, 3.63) is 42.5 Å². The third kappa shape index (κ3) is 5.03. The zero-order valence-corrected chi connectivity index (χ0v) is 12.0. The molecule has 1 aromatic rings. The summed E-state index contributed by atoms with van der Waals surface area (Å²) in [6, 6.07) is 6.95. The van der Waals surface area contributed by atoms with Gasteiger partial charge in [-0.25, -0.2) is 0 Å². The summed E-state index contributed by atoms with van der Waals surface area (Å²) in [5.41, 5.74) is 6.73. The minimum absolute atomic E-state index is 0.140. The van der Waals surface area contributed by atoms with E-state index in [9.17, 15) is 4.79 Å². The number of methoxy groups -OCH3 is 1. The number of rotatable bonds is 8. The van der Waals surface area contributed by atoms with Crippen LogP contribution in [0.1, 0.15) is 5.56 Å².